The fourth-order valence-corrected chi connectivity index (χ4v) is 3.81. The van der Waals surface area contributed by atoms with E-state index in [0.717, 1.165) is 22.4 Å². The van der Waals surface area contributed by atoms with Gasteiger partial charge in [-0.15, -0.1) is 0 Å². The van der Waals surface area contributed by atoms with Crippen molar-refractivity contribution in [2.24, 2.45) is 0 Å². The van der Waals surface area contributed by atoms with Crippen molar-refractivity contribution < 1.29 is 24.1 Å². The fraction of sp³-hybridized carbons (Fsp3) is 0.188. The van der Waals surface area contributed by atoms with E-state index in [2.05, 4.69) is 0 Å². The van der Waals surface area contributed by atoms with Crippen LogP contribution in [0.3, 0.4) is 0 Å². The minimum absolute atomic E-state index is 0.385. The van der Waals surface area contributed by atoms with Gasteiger partial charge in [-0.25, -0.2) is 0 Å². The third-order valence-electron chi connectivity index (χ3n) is 5.77. The molecular weight excluding hydrogens is 464 g/mol. The van der Waals surface area contributed by atoms with Crippen molar-refractivity contribution in [1.82, 2.24) is 0 Å². The highest BCUT2D eigenvalue weighted by Crippen LogP contribution is 2.33. The van der Waals surface area contributed by atoms with Crippen LogP contribution in [0.5, 0.6) is 23.0 Å². The molecule has 0 fully saturated rings. The minimum Gasteiger partial charge on any atom is -0.497 e. The van der Waals surface area contributed by atoms with Crippen molar-refractivity contribution in [3.63, 3.8) is 0 Å². The lowest BCUT2D eigenvalue weighted by atomic mass is 10.1. The predicted octanol–water partition coefficient (Wildman–Crippen LogP) is 7.00. The van der Waals surface area contributed by atoms with Crippen LogP contribution in [0.1, 0.15) is 35.3 Å². The standard InChI is InChI=1S/C32H32O5/c1-3-35-31-21-28(36-22-24-10-6-4-7-11-24)16-14-26(31)15-19-30(33)29-18-17-27(34-2)20-32(29)37-23-25-12-8-5-9-13-25/h4-21,30,33H,3,22-23H2,1-2H3. The van der Waals surface area contributed by atoms with E-state index in [9.17, 15) is 5.11 Å². The maximum atomic E-state index is 11.0. The van der Waals surface area contributed by atoms with Crippen LogP contribution in [0, 0.1) is 0 Å². The summed E-state index contributed by atoms with van der Waals surface area (Å²) in [6, 6.07) is 31.0. The maximum absolute atomic E-state index is 11.0. The Morgan fingerprint density at radius 1 is 0.703 bits per heavy atom. The van der Waals surface area contributed by atoms with Crippen molar-refractivity contribution in [3.8, 4) is 23.0 Å². The number of hydrogen-bond donors (Lipinski definition) is 1. The molecule has 0 heterocycles. The first-order valence-electron chi connectivity index (χ1n) is 12.3. The van der Waals surface area contributed by atoms with Crippen molar-refractivity contribution in [3.05, 3.63) is 125 Å². The van der Waals surface area contributed by atoms with Crippen LogP contribution in [0.15, 0.2) is 103 Å². The van der Waals surface area contributed by atoms with Crippen LogP contribution in [0.2, 0.25) is 0 Å². The van der Waals surface area contributed by atoms with Crippen LogP contribution < -0.4 is 18.9 Å². The Balaban J connectivity index is 1.50. The highest BCUT2D eigenvalue weighted by atomic mass is 16.5. The van der Waals surface area contributed by atoms with Gasteiger partial charge in [0.2, 0.25) is 0 Å². The molecule has 0 saturated heterocycles. The number of methoxy groups -OCH3 is 1. The Hall–Kier alpha value is -4.22. The Morgan fingerprint density at radius 3 is 1.97 bits per heavy atom. The summed E-state index contributed by atoms with van der Waals surface area (Å²) in [7, 11) is 1.61. The average Bonchev–Trinajstić information content (AvgIpc) is 2.95. The SMILES string of the molecule is CCOc1cc(OCc2ccccc2)ccc1C=CC(O)c1ccc(OC)cc1OCc1ccccc1. The Labute approximate surface area is 218 Å². The lowest BCUT2D eigenvalue weighted by Crippen LogP contribution is -2.02. The highest BCUT2D eigenvalue weighted by molar-refractivity contribution is 5.60. The van der Waals surface area contributed by atoms with Crippen molar-refractivity contribution in [2.45, 2.75) is 26.2 Å². The van der Waals surface area contributed by atoms with Crippen molar-refractivity contribution >= 4 is 6.08 Å². The van der Waals surface area contributed by atoms with Crippen LogP contribution in [-0.2, 0) is 13.2 Å². The summed E-state index contributed by atoms with van der Waals surface area (Å²) in [6.07, 6.45) is 2.68. The van der Waals surface area contributed by atoms with Crippen LogP contribution in [-0.4, -0.2) is 18.8 Å². The molecule has 190 valence electrons. The van der Waals surface area contributed by atoms with E-state index in [1.807, 2.05) is 104 Å². The molecule has 0 radical (unpaired) electrons. The maximum Gasteiger partial charge on any atom is 0.130 e. The van der Waals surface area contributed by atoms with E-state index in [0.29, 0.717) is 42.6 Å². The van der Waals surface area contributed by atoms with Crippen molar-refractivity contribution in [2.75, 3.05) is 13.7 Å². The quantitative estimate of drug-likeness (QED) is 0.229. The number of aliphatic hydroxyl groups is 1. The molecule has 0 aromatic heterocycles. The third-order valence-corrected chi connectivity index (χ3v) is 5.77. The summed E-state index contributed by atoms with van der Waals surface area (Å²) in [5, 5.41) is 11.0. The fourth-order valence-electron chi connectivity index (χ4n) is 3.81. The monoisotopic (exact) mass is 496 g/mol. The average molecular weight is 497 g/mol. The largest absolute Gasteiger partial charge is 0.497 e. The van der Waals surface area contributed by atoms with E-state index in [1.165, 1.54) is 0 Å². The molecule has 1 N–H and O–H groups in total. The zero-order chi connectivity index (χ0) is 25.9. The van der Waals surface area contributed by atoms with Crippen molar-refractivity contribution in [1.29, 1.82) is 0 Å². The van der Waals surface area contributed by atoms with E-state index in [4.69, 9.17) is 18.9 Å². The molecule has 0 aliphatic carbocycles. The first-order chi connectivity index (χ1) is 18.2. The molecule has 5 nitrogen and oxygen atoms in total. The summed E-state index contributed by atoms with van der Waals surface area (Å²) in [5.41, 5.74) is 3.62. The molecule has 4 aromatic rings. The van der Waals surface area contributed by atoms with Gasteiger partial charge in [-0.05, 0) is 42.3 Å². The van der Waals surface area contributed by atoms with E-state index >= 15 is 0 Å². The second kappa shape index (κ2) is 13.2. The van der Waals surface area contributed by atoms with E-state index in [-0.39, 0.29) is 0 Å². The number of benzene rings is 4. The number of ether oxygens (including phenoxy) is 4. The van der Waals surface area contributed by atoms with Crippen LogP contribution >= 0.6 is 0 Å². The molecule has 1 atom stereocenters. The molecule has 0 aliphatic rings. The second-order valence-electron chi connectivity index (χ2n) is 8.39. The zero-order valence-electron chi connectivity index (χ0n) is 21.2. The van der Waals surface area contributed by atoms with Crippen LogP contribution in [0.4, 0.5) is 0 Å². The van der Waals surface area contributed by atoms with Gasteiger partial charge in [-0.1, -0.05) is 72.8 Å². The third kappa shape index (κ3) is 7.38. The summed E-state index contributed by atoms with van der Waals surface area (Å²) >= 11 is 0. The molecule has 4 aromatic carbocycles. The van der Waals surface area contributed by atoms with Gasteiger partial charge >= 0.3 is 0 Å². The summed E-state index contributed by atoms with van der Waals surface area (Å²) in [4.78, 5) is 0. The second-order valence-corrected chi connectivity index (χ2v) is 8.39. The van der Waals surface area contributed by atoms with Crippen LogP contribution in [0.25, 0.3) is 6.08 Å². The van der Waals surface area contributed by atoms with Gasteiger partial charge in [0.15, 0.2) is 0 Å². The molecule has 5 heteroatoms. The first kappa shape index (κ1) is 25.9. The molecule has 0 spiro atoms. The predicted molar refractivity (Wildman–Crippen MR) is 146 cm³/mol. The Bertz CT molecular complexity index is 1290. The molecule has 37 heavy (non-hydrogen) atoms. The van der Waals surface area contributed by atoms with E-state index < -0.39 is 6.10 Å². The lowest BCUT2D eigenvalue weighted by molar-refractivity contribution is 0.217. The highest BCUT2D eigenvalue weighted by Gasteiger charge is 2.14. The topological polar surface area (TPSA) is 57.2 Å². The van der Waals surface area contributed by atoms with E-state index in [1.54, 1.807) is 19.3 Å². The number of hydrogen-bond acceptors (Lipinski definition) is 5. The molecule has 0 aliphatic heterocycles. The normalized spacial score (nSPS) is 11.8. The van der Waals surface area contributed by atoms with Gasteiger partial charge in [-0.3, -0.25) is 0 Å². The molecule has 0 bridgehead atoms. The van der Waals surface area contributed by atoms with Gasteiger partial charge in [0.1, 0.15) is 42.3 Å². The lowest BCUT2D eigenvalue weighted by Gasteiger charge is -2.16. The number of rotatable bonds is 12. The summed E-state index contributed by atoms with van der Waals surface area (Å²) in [5.74, 6) is 2.63. The summed E-state index contributed by atoms with van der Waals surface area (Å²) in [6.45, 7) is 3.31. The molecule has 1 unspecified atom stereocenters. The Kier molecular flexibility index (Phi) is 9.22. The minimum atomic E-state index is -0.889. The molecular formula is C32H32O5. The molecule has 0 saturated carbocycles. The Morgan fingerprint density at radius 2 is 1.32 bits per heavy atom. The van der Waals surface area contributed by atoms with Gasteiger partial charge in [0, 0.05) is 23.3 Å². The number of aliphatic hydroxyl groups excluding tert-OH is 1. The smallest absolute Gasteiger partial charge is 0.130 e. The summed E-state index contributed by atoms with van der Waals surface area (Å²) < 4.78 is 23.2. The first-order valence-corrected chi connectivity index (χ1v) is 12.3. The van der Waals surface area contributed by atoms with Gasteiger partial charge < -0.3 is 24.1 Å². The van der Waals surface area contributed by atoms with Gasteiger partial charge in [0.05, 0.1) is 13.7 Å². The zero-order valence-corrected chi connectivity index (χ0v) is 21.2. The molecule has 0 amide bonds. The molecule has 4 rings (SSSR count). The van der Waals surface area contributed by atoms with Gasteiger partial charge in [0.25, 0.3) is 0 Å². The van der Waals surface area contributed by atoms with Gasteiger partial charge in [-0.2, -0.15) is 0 Å².